The number of benzene rings is 1. The Kier molecular flexibility index (Phi) is 4.22. The predicted molar refractivity (Wildman–Crippen MR) is 74.1 cm³/mol. The van der Waals surface area contributed by atoms with Crippen molar-refractivity contribution in [3.8, 4) is 11.3 Å². The van der Waals surface area contributed by atoms with E-state index in [-0.39, 0.29) is 5.82 Å². The van der Waals surface area contributed by atoms with E-state index in [0.717, 1.165) is 22.8 Å². The van der Waals surface area contributed by atoms with E-state index in [1.165, 1.54) is 12.1 Å². The summed E-state index contributed by atoms with van der Waals surface area (Å²) in [7, 11) is 0. The second kappa shape index (κ2) is 5.89. The largest absolute Gasteiger partial charge is 0.308 e. The van der Waals surface area contributed by atoms with Gasteiger partial charge in [-0.15, -0.1) is 0 Å². The maximum atomic E-state index is 12.9. The van der Waals surface area contributed by atoms with Crippen molar-refractivity contribution in [1.29, 1.82) is 0 Å². The Hall–Kier alpha value is -1.81. The summed E-state index contributed by atoms with van der Waals surface area (Å²) in [6, 6.07) is 8.65. The minimum Gasteiger partial charge on any atom is -0.308 e. The highest BCUT2D eigenvalue weighted by atomic mass is 19.1. The molecule has 0 unspecified atom stereocenters. The molecule has 1 aromatic carbocycles. The number of aromatic nitrogens is 2. The summed E-state index contributed by atoms with van der Waals surface area (Å²) in [5.74, 6) is 0.518. The van der Waals surface area contributed by atoms with E-state index >= 15 is 0 Å². The SMILES string of the molecule is Cc1cc(-c2ccc(F)cc2)nc(CNC(C)C)n1. The van der Waals surface area contributed by atoms with Crippen LogP contribution >= 0.6 is 0 Å². The highest BCUT2D eigenvalue weighted by Gasteiger charge is 2.05. The second-order valence-corrected chi connectivity index (χ2v) is 4.85. The number of hydrogen-bond acceptors (Lipinski definition) is 3. The summed E-state index contributed by atoms with van der Waals surface area (Å²) >= 11 is 0. The zero-order valence-electron chi connectivity index (χ0n) is 11.4. The Morgan fingerprint density at radius 1 is 1.16 bits per heavy atom. The first-order chi connectivity index (χ1) is 9.04. The highest BCUT2D eigenvalue weighted by molar-refractivity contribution is 5.59. The Labute approximate surface area is 112 Å². The predicted octanol–water partition coefficient (Wildman–Crippen LogP) is 3.09. The quantitative estimate of drug-likeness (QED) is 0.917. The van der Waals surface area contributed by atoms with Gasteiger partial charge in [-0.25, -0.2) is 14.4 Å². The molecule has 100 valence electrons. The summed E-state index contributed by atoms with van der Waals surface area (Å²) in [6.45, 7) is 6.73. The third kappa shape index (κ3) is 3.83. The lowest BCUT2D eigenvalue weighted by molar-refractivity contribution is 0.571. The van der Waals surface area contributed by atoms with E-state index in [2.05, 4.69) is 29.1 Å². The van der Waals surface area contributed by atoms with Crippen molar-refractivity contribution in [2.24, 2.45) is 0 Å². The average Bonchev–Trinajstić information content (AvgIpc) is 2.36. The normalized spacial score (nSPS) is 11.0. The van der Waals surface area contributed by atoms with Gasteiger partial charge in [0.15, 0.2) is 0 Å². The van der Waals surface area contributed by atoms with Crippen LogP contribution in [0.5, 0.6) is 0 Å². The lowest BCUT2D eigenvalue weighted by Gasteiger charge is -2.09. The molecule has 0 atom stereocenters. The molecule has 0 aliphatic heterocycles. The molecular weight excluding hydrogens is 241 g/mol. The summed E-state index contributed by atoms with van der Waals surface area (Å²) in [4.78, 5) is 8.91. The fraction of sp³-hybridized carbons (Fsp3) is 0.333. The number of nitrogens with zero attached hydrogens (tertiary/aromatic N) is 2. The Morgan fingerprint density at radius 2 is 1.84 bits per heavy atom. The summed E-state index contributed by atoms with van der Waals surface area (Å²) < 4.78 is 12.9. The van der Waals surface area contributed by atoms with Gasteiger partial charge >= 0.3 is 0 Å². The van der Waals surface area contributed by atoms with Crippen LogP contribution in [0, 0.1) is 12.7 Å². The zero-order valence-corrected chi connectivity index (χ0v) is 11.4. The van der Waals surface area contributed by atoms with Crippen LogP contribution in [0.3, 0.4) is 0 Å². The van der Waals surface area contributed by atoms with E-state index in [0.29, 0.717) is 12.6 Å². The third-order valence-corrected chi connectivity index (χ3v) is 2.71. The fourth-order valence-electron chi connectivity index (χ4n) is 1.77. The number of nitrogens with one attached hydrogen (secondary N) is 1. The lowest BCUT2D eigenvalue weighted by atomic mass is 10.1. The molecular formula is C15H18FN3. The molecule has 1 heterocycles. The number of rotatable bonds is 4. The molecule has 2 aromatic rings. The Balaban J connectivity index is 2.28. The maximum Gasteiger partial charge on any atom is 0.143 e. The molecule has 0 bridgehead atoms. The minimum atomic E-state index is -0.240. The van der Waals surface area contributed by atoms with Gasteiger partial charge in [0, 0.05) is 17.3 Å². The van der Waals surface area contributed by atoms with Gasteiger partial charge in [0.05, 0.1) is 12.2 Å². The molecule has 1 aromatic heterocycles. The van der Waals surface area contributed by atoms with E-state index in [1.807, 2.05) is 13.0 Å². The van der Waals surface area contributed by atoms with Gasteiger partial charge in [0.25, 0.3) is 0 Å². The van der Waals surface area contributed by atoms with Gasteiger partial charge in [0.2, 0.25) is 0 Å². The molecule has 3 nitrogen and oxygen atoms in total. The number of aryl methyl sites for hydroxylation is 1. The number of hydrogen-bond donors (Lipinski definition) is 1. The van der Waals surface area contributed by atoms with Gasteiger partial charge in [-0.05, 0) is 37.3 Å². The zero-order chi connectivity index (χ0) is 13.8. The van der Waals surface area contributed by atoms with Crippen molar-refractivity contribution in [1.82, 2.24) is 15.3 Å². The molecule has 0 saturated carbocycles. The molecule has 0 aliphatic rings. The molecule has 0 spiro atoms. The molecule has 0 radical (unpaired) electrons. The standard InChI is InChI=1S/C15H18FN3/c1-10(2)17-9-15-18-11(3)8-14(19-15)12-4-6-13(16)7-5-12/h4-8,10,17H,9H2,1-3H3. The van der Waals surface area contributed by atoms with Gasteiger partial charge in [-0.3, -0.25) is 0 Å². The van der Waals surface area contributed by atoms with Crippen LogP contribution in [-0.4, -0.2) is 16.0 Å². The van der Waals surface area contributed by atoms with Crippen LogP contribution in [0.2, 0.25) is 0 Å². The summed E-state index contributed by atoms with van der Waals surface area (Å²) in [6.07, 6.45) is 0. The second-order valence-electron chi connectivity index (χ2n) is 4.85. The van der Waals surface area contributed by atoms with Crippen LogP contribution < -0.4 is 5.32 Å². The fourth-order valence-corrected chi connectivity index (χ4v) is 1.77. The highest BCUT2D eigenvalue weighted by Crippen LogP contribution is 2.18. The van der Waals surface area contributed by atoms with E-state index in [4.69, 9.17) is 0 Å². The van der Waals surface area contributed by atoms with Crippen LogP contribution in [0.15, 0.2) is 30.3 Å². The van der Waals surface area contributed by atoms with Crippen LogP contribution in [0.1, 0.15) is 25.4 Å². The summed E-state index contributed by atoms with van der Waals surface area (Å²) in [5, 5.41) is 3.29. The van der Waals surface area contributed by atoms with Gasteiger partial charge in [-0.2, -0.15) is 0 Å². The molecule has 19 heavy (non-hydrogen) atoms. The van der Waals surface area contributed by atoms with Crippen LogP contribution in [0.25, 0.3) is 11.3 Å². The van der Waals surface area contributed by atoms with Gasteiger partial charge in [0.1, 0.15) is 11.6 Å². The smallest absolute Gasteiger partial charge is 0.143 e. The molecule has 4 heteroatoms. The number of halogens is 1. The van der Waals surface area contributed by atoms with E-state index in [1.54, 1.807) is 12.1 Å². The van der Waals surface area contributed by atoms with Crippen molar-refractivity contribution in [3.63, 3.8) is 0 Å². The first-order valence-electron chi connectivity index (χ1n) is 6.38. The Morgan fingerprint density at radius 3 is 2.47 bits per heavy atom. The molecule has 0 aliphatic carbocycles. The van der Waals surface area contributed by atoms with E-state index in [9.17, 15) is 4.39 Å². The van der Waals surface area contributed by atoms with Crippen molar-refractivity contribution in [3.05, 3.63) is 47.7 Å². The van der Waals surface area contributed by atoms with Gasteiger partial charge < -0.3 is 5.32 Å². The van der Waals surface area contributed by atoms with Crippen molar-refractivity contribution >= 4 is 0 Å². The molecule has 0 amide bonds. The average molecular weight is 259 g/mol. The van der Waals surface area contributed by atoms with Crippen LogP contribution in [-0.2, 0) is 6.54 Å². The maximum absolute atomic E-state index is 12.9. The lowest BCUT2D eigenvalue weighted by Crippen LogP contribution is -2.23. The van der Waals surface area contributed by atoms with Gasteiger partial charge in [-0.1, -0.05) is 13.8 Å². The first kappa shape index (κ1) is 13.6. The third-order valence-electron chi connectivity index (χ3n) is 2.71. The molecule has 2 rings (SSSR count). The van der Waals surface area contributed by atoms with Crippen molar-refractivity contribution in [2.75, 3.05) is 0 Å². The Bertz CT molecular complexity index is 550. The topological polar surface area (TPSA) is 37.8 Å². The molecule has 0 saturated heterocycles. The van der Waals surface area contributed by atoms with Crippen molar-refractivity contribution < 1.29 is 4.39 Å². The van der Waals surface area contributed by atoms with Crippen molar-refractivity contribution in [2.45, 2.75) is 33.4 Å². The monoisotopic (exact) mass is 259 g/mol. The first-order valence-corrected chi connectivity index (χ1v) is 6.38. The minimum absolute atomic E-state index is 0.240. The summed E-state index contributed by atoms with van der Waals surface area (Å²) in [5.41, 5.74) is 2.64. The van der Waals surface area contributed by atoms with Crippen LogP contribution in [0.4, 0.5) is 4.39 Å². The molecule has 0 fully saturated rings. The van der Waals surface area contributed by atoms with E-state index < -0.39 is 0 Å². The molecule has 1 N–H and O–H groups in total.